The molecule has 3 rings (SSSR count). The number of nitrogens with zero attached hydrogens (tertiary/aromatic N) is 4. The second kappa shape index (κ2) is 7.22. The highest BCUT2D eigenvalue weighted by Gasteiger charge is 2.18. The number of hydrogen-bond acceptors (Lipinski definition) is 7. The zero-order valence-corrected chi connectivity index (χ0v) is 14.8. The van der Waals surface area contributed by atoms with Crippen LogP contribution in [0.2, 0.25) is 0 Å². The molecule has 0 aliphatic heterocycles. The molecule has 2 aromatic heterocycles. The lowest BCUT2D eigenvalue weighted by Crippen LogP contribution is -2.09. The van der Waals surface area contributed by atoms with Crippen molar-refractivity contribution in [3.63, 3.8) is 0 Å². The third-order valence-corrected chi connectivity index (χ3v) is 3.56. The lowest BCUT2D eigenvalue weighted by Gasteiger charge is -2.09. The molecule has 0 saturated heterocycles. The molecule has 0 spiro atoms. The van der Waals surface area contributed by atoms with Gasteiger partial charge in [0.15, 0.2) is 5.82 Å². The van der Waals surface area contributed by atoms with Crippen LogP contribution in [0.1, 0.15) is 28.4 Å². The summed E-state index contributed by atoms with van der Waals surface area (Å²) in [6.45, 7) is 5.96. The minimum atomic E-state index is -0.531. The van der Waals surface area contributed by atoms with Crippen molar-refractivity contribution in [2.75, 3.05) is 12.3 Å². The number of benzene rings is 1. The van der Waals surface area contributed by atoms with Crippen LogP contribution in [-0.2, 0) is 4.74 Å². The monoisotopic (exact) mass is 353 g/mol. The lowest BCUT2D eigenvalue weighted by atomic mass is 10.1. The summed E-state index contributed by atoms with van der Waals surface area (Å²) in [5.74, 6) is 1.00. The molecule has 0 bridgehead atoms. The number of ether oxygens (including phenoxy) is 2. The first-order valence-electron chi connectivity index (χ1n) is 8.07. The summed E-state index contributed by atoms with van der Waals surface area (Å²) in [6.07, 6.45) is 2.69. The Balaban J connectivity index is 1.89. The molecule has 0 saturated carbocycles. The van der Waals surface area contributed by atoms with E-state index in [1.54, 1.807) is 13.0 Å². The predicted octanol–water partition coefficient (Wildman–Crippen LogP) is 2.83. The summed E-state index contributed by atoms with van der Waals surface area (Å²) in [6, 6.07) is 7.47. The van der Waals surface area contributed by atoms with Crippen molar-refractivity contribution < 1.29 is 14.3 Å². The third kappa shape index (κ3) is 3.64. The second-order valence-electron chi connectivity index (χ2n) is 5.72. The number of rotatable bonds is 5. The van der Waals surface area contributed by atoms with Crippen LogP contribution in [0.3, 0.4) is 0 Å². The van der Waals surface area contributed by atoms with Gasteiger partial charge in [-0.3, -0.25) is 0 Å². The van der Waals surface area contributed by atoms with Gasteiger partial charge >= 0.3 is 5.97 Å². The summed E-state index contributed by atoms with van der Waals surface area (Å²) in [4.78, 5) is 20.1. The van der Waals surface area contributed by atoms with Gasteiger partial charge in [0, 0.05) is 6.07 Å². The number of esters is 1. The van der Waals surface area contributed by atoms with E-state index in [1.165, 1.54) is 17.2 Å². The second-order valence-corrected chi connectivity index (χ2v) is 5.72. The van der Waals surface area contributed by atoms with E-state index in [4.69, 9.17) is 15.2 Å². The van der Waals surface area contributed by atoms with Gasteiger partial charge in [-0.15, -0.1) is 0 Å². The van der Waals surface area contributed by atoms with Crippen molar-refractivity contribution in [2.45, 2.75) is 20.8 Å². The highest BCUT2D eigenvalue weighted by molar-refractivity contribution is 5.94. The van der Waals surface area contributed by atoms with Gasteiger partial charge in [-0.1, -0.05) is 6.07 Å². The van der Waals surface area contributed by atoms with Crippen LogP contribution in [-0.4, -0.2) is 32.3 Å². The van der Waals surface area contributed by atoms with Crippen molar-refractivity contribution in [1.29, 1.82) is 0 Å². The Morgan fingerprint density at radius 1 is 1.15 bits per heavy atom. The van der Waals surface area contributed by atoms with E-state index < -0.39 is 5.97 Å². The van der Waals surface area contributed by atoms with Crippen LogP contribution in [0, 0.1) is 13.8 Å². The van der Waals surface area contributed by atoms with Crippen molar-refractivity contribution >= 4 is 11.8 Å². The first-order chi connectivity index (χ1) is 12.5. The van der Waals surface area contributed by atoms with Gasteiger partial charge < -0.3 is 15.2 Å². The molecule has 134 valence electrons. The lowest BCUT2D eigenvalue weighted by molar-refractivity contribution is 0.0527. The van der Waals surface area contributed by atoms with Crippen LogP contribution in [0.4, 0.5) is 5.82 Å². The van der Waals surface area contributed by atoms with Crippen molar-refractivity contribution in [1.82, 2.24) is 19.7 Å². The zero-order valence-electron chi connectivity index (χ0n) is 14.8. The third-order valence-electron chi connectivity index (χ3n) is 3.56. The average Bonchev–Trinajstić information content (AvgIpc) is 2.96. The Hall–Kier alpha value is -3.42. The standard InChI is InChI=1S/C18H19N5O3/c1-4-25-18(24)14-9-22-23(17(14)19)15-8-16(21-10-20-15)26-13-6-11(2)5-12(3)7-13/h5-10H,4,19H2,1-3H3. The highest BCUT2D eigenvalue weighted by atomic mass is 16.5. The first-order valence-corrected chi connectivity index (χ1v) is 8.07. The van der Waals surface area contributed by atoms with Gasteiger partial charge in [-0.25, -0.2) is 14.8 Å². The van der Waals surface area contributed by atoms with Gasteiger partial charge in [0.1, 0.15) is 23.5 Å². The highest BCUT2D eigenvalue weighted by Crippen LogP contribution is 2.24. The van der Waals surface area contributed by atoms with Crippen LogP contribution < -0.4 is 10.5 Å². The Kier molecular flexibility index (Phi) is 4.83. The predicted molar refractivity (Wildman–Crippen MR) is 95.5 cm³/mol. The van der Waals surface area contributed by atoms with Gasteiger partial charge in [-0.2, -0.15) is 9.78 Å². The molecule has 26 heavy (non-hydrogen) atoms. The Bertz CT molecular complexity index is 931. The topological polar surface area (TPSA) is 105 Å². The molecular formula is C18H19N5O3. The summed E-state index contributed by atoms with van der Waals surface area (Å²) < 4.78 is 12.1. The number of nitrogen functional groups attached to an aromatic ring is 1. The number of aromatic nitrogens is 4. The van der Waals surface area contributed by atoms with Crippen LogP contribution in [0.5, 0.6) is 11.6 Å². The molecule has 8 heteroatoms. The molecule has 0 fully saturated rings. The fourth-order valence-corrected chi connectivity index (χ4v) is 2.52. The van der Waals surface area contributed by atoms with Gasteiger partial charge in [0.25, 0.3) is 0 Å². The molecule has 0 aliphatic rings. The normalized spacial score (nSPS) is 10.6. The van der Waals surface area contributed by atoms with E-state index >= 15 is 0 Å². The quantitative estimate of drug-likeness (QED) is 0.703. The molecule has 2 heterocycles. The minimum Gasteiger partial charge on any atom is -0.462 e. The fourth-order valence-electron chi connectivity index (χ4n) is 2.52. The Labute approximate surface area is 150 Å². The van der Waals surface area contributed by atoms with Crippen molar-refractivity contribution in [2.24, 2.45) is 0 Å². The van der Waals surface area contributed by atoms with Crippen LogP contribution in [0.15, 0.2) is 36.8 Å². The molecule has 8 nitrogen and oxygen atoms in total. The molecule has 1 aromatic carbocycles. The molecule has 0 amide bonds. The fraction of sp³-hybridized carbons (Fsp3) is 0.222. The molecule has 0 aliphatic carbocycles. The molecule has 0 atom stereocenters. The largest absolute Gasteiger partial charge is 0.462 e. The first kappa shape index (κ1) is 17.4. The van der Waals surface area contributed by atoms with Gasteiger partial charge in [-0.05, 0) is 44.0 Å². The SMILES string of the molecule is CCOC(=O)c1cnn(-c2cc(Oc3cc(C)cc(C)c3)ncn2)c1N. The van der Waals surface area contributed by atoms with E-state index in [1.807, 2.05) is 26.0 Å². The number of nitrogens with two attached hydrogens (primary N) is 1. The molecular weight excluding hydrogens is 334 g/mol. The van der Waals surface area contributed by atoms with E-state index in [2.05, 4.69) is 21.1 Å². The van der Waals surface area contributed by atoms with E-state index in [0.29, 0.717) is 17.4 Å². The van der Waals surface area contributed by atoms with Crippen molar-refractivity contribution in [3.05, 3.63) is 53.5 Å². The maximum atomic E-state index is 11.9. The van der Waals surface area contributed by atoms with Crippen molar-refractivity contribution in [3.8, 4) is 17.4 Å². The molecule has 0 radical (unpaired) electrons. The Morgan fingerprint density at radius 2 is 1.88 bits per heavy atom. The molecule has 3 aromatic rings. The summed E-state index contributed by atoms with van der Waals surface area (Å²) in [7, 11) is 0. The molecule has 0 unspecified atom stereocenters. The maximum Gasteiger partial charge on any atom is 0.343 e. The summed E-state index contributed by atoms with van der Waals surface area (Å²) in [5.41, 5.74) is 8.37. The maximum absolute atomic E-state index is 11.9. The van der Waals surface area contributed by atoms with Gasteiger partial charge in [0.2, 0.25) is 5.88 Å². The smallest absolute Gasteiger partial charge is 0.343 e. The Morgan fingerprint density at radius 3 is 2.58 bits per heavy atom. The number of hydrogen-bond donors (Lipinski definition) is 1. The average molecular weight is 353 g/mol. The van der Waals surface area contributed by atoms with Gasteiger partial charge in [0.05, 0.1) is 12.8 Å². The van der Waals surface area contributed by atoms with E-state index in [-0.39, 0.29) is 18.0 Å². The number of aryl methyl sites for hydroxylation is 2. The summed E-state index contributed by atoms with van der Waals surface area (Å²) in [5, 5.41) is 4.11. The van der Waals surface area contributed by atoms with E-state index in [9.17, 15) is 4.79 Å². The van der Waals surface area contributed by atoms with Crippen LogP contribution >= 0.6 is 0 Å². The number of carbonyl (C=O) groups excluding carboxylic acids is 1. The van der Waals surface area contributed by atoms with E-state index in [0.717, 1.165) is 11.1 Å². The van der Waals surface area contributed by atoms with Crippen LogP contribution in [0.25, 0.3) is 5.82 Å². The summed E-state index contributed by atoms with van der Waals surface area (Å²) >= 11 is 0. The minimum absolute atomic E-state index is 0.138. The number of anilines is 1. The number of carbonyl (C=O) groups is 1. The zero-order chi connectivity index (χ0) is 18.7. The molecule has 2 N–H and O–H groups in total.